The van der Waals surface area contributed by atoms with Crippen LogP contribution in [0.3, 0.4) is 0 Å². The molecule has 62 valence electrons. The highest BCUT2D eigenvalue weighted by molar-refractivity contribution is 6.43. The number of halogens is 1. The molecule has 0 spiro atoms. The Labute approximate surface area is 75.6 Å². The quantitative estimate of drug-likeness (QED) is 0.695. The highest BCUT2D eigenvalue weighted by atomic mass is 35.5. The van der Waals surface area contributed by atoms with E-state index in [-0.39, 0.29) is 5.03 Å². The van der Waals surface area contributed by atoms with Crippen LogP contribution in [0.5, 0.6) is 0 Å². The number of carbonyl (C=O) groups is 1. The second-order valence-corrected chi connectivity index (χ2v) is 2.67. The summed E-state index contributed by atoms with van der Waals surface area (Å²) in [6, 6.07) is 9.28. The molecule has 2 N–H and O–H groups in total. The van der Waals surface area contributed by atoms with Gasteiger partial charge in [-0.3, -0.25) is 4.79 Å². The molecule has 0 saturated carbocycles. The van der Waals surface area contributed by atoms with E-state index in [1.54, 1.807) is 0 Å². The van der Waals surface area contributed by atoms with Gasteiger partial charge in [0.2, 0.25) is 0 Å². The van der Waals surface area contributed by atoms with E-state index < -0.39 is 5.91 Å². The number of rotatable bonds is 2. The molecule has 0 atom stereocenters. The van der Waals surface area contributed by atoms with Crippen molar-refractivity contribution >= 4 is 23.6 Å². The Kier molecular flexibility index (Phi) is 2.88. The molecule has 0 aliphatic heterocycles. The highest BCUT2D eigenvalue weighted by Crippen LogP contribution is 2.08. The fourth-order valence-corrected chi connectivity index (χ4v) is 0.893. The number of hydrogen-bond donors (Lipinski definition) is 1. The average Bonchev–Trinajstić information content (AvgIpc) is 2.06. The van der Waals surface area contributed by atoms with Gasteiger partial charge in [0.25, 0.3) is 5.91 Å². The van der Waals surface area contributed by atoms with E-state index >= 15 is 0 Å². The summed E-state index contributed by atoms with van der Waals surface area (Å²) < 4.78 is 0. The fourth-order valence-electron chi connectivity index (χ4n) is 0.767. The van der Waals surface area contributed by atoms with Gasteiger partial charge in [0.1, 0.15) is 5.03 Å². The zero-order valence-electron chi connectivity index (χ0n) is 6.33. The van der Waals surface area contributed by atoms with Gasteiger partial charge in [0.15, 0.2) is 0 Å². The molecule has 1 aromatic carbocycles. The molecule has 0 heterocycles. The van der Waals surface area contributed by atoms with Gasteiger partial charge in [-0.25, -0.2) is 0 Å². The van der Waals surface area contributed by atoms with E-state index in [1.165, 1.54) is 6.08 Å². The summed E-state index contributed by atoms with van der Waals surface area (Å²) in [6.45, 7) is 0. The first kappa shape index (κ1) is 8.81. The highest BCUT2D eigenvalue weighted by Gasteiger charge is 1.98. The molecule has 0 bridgehead atoms. The molecular formula is C9H8ClNO. The Morgan fingerprint density at radius 1 is 1.33 bits per heavy atom. The van der Waals surface area contributed by atoms with Crippen molar-refractivity contribution in [3.63, 3.8) is 0 Å². The van der Waals surface area contributed by atoms with Gasteiger partial charge in [-0.05, 0) is 11.6 Å². The minimum Gasteiger partial charge on any atom is -0.365 e. The molecular weight excluding hydrogens is 174 g/mol. The molecule has 0 unspecified atom stereocenters. The van der Waals surface area contributed by atoms with Crippen LogP contribution in [0.15, 0.2) is 35.4 Å². The van der Waals surface area contributed by atoms with Crippen molar-refractivity contribution in [2.75, 3.05) is 0 Å². The Bertz CT molecular complexity index is 306. The first-order valence-electron chi connectivity index (χ1n) is 3.42. The number of carbonyl (C=O) groups excluding carboxylic acids is 1. The summed E-state index contributed by atoms with van der Waals surface area (Å²) in [4.78, 5) is 10.5. The summed E-state index contributed by atoms with van der Waals surface area (Å²) in [5, 5.41) is 0.0428. The van der Waals surface area contributed by atoms with Crippen LogP contribution >= 0.6 is 11.6 Å². The minimum atomic E-state index is -0.611. The molecule has 2 nitrogen and oxygen atoms in total. The molecule has 0 aliphatic carbocycles. The first-order chi connectivity index (χ1) is 5.70. The van der Waals surface area contributed by atoms with E-state index in [4.69, 9.17) is 17.3 Å². The van der Waals surface area contributed by atoms with Crippen molar-refractivity contribution in [3.05, 3.63) is 40.9 Å². The number of primary amides is 1. The van der Waals surface area contributed by atoms with Gasteiger partial charge in [0.05, 0.1) is 0 Å². The minimum absolute atomic E-state index is 0.0428. The Balaban J connectivity index is 2.89. The van der Waals surface area contributed by atoms with E-state index in [0.29, 0.717) is 0 Å². The summed E-state index contributed by atoms with van der Waals surface area (Å²) in [6.07, 6.45) is 1.53. The van der Waals surface area contributed by atoms with Gasteiger partial charge < -0.3 is 5.73 Å². The zero-order chi connectivity index (χ0) is 8.97. The summed E-state index contributed by atoms with van der Waals surface area (Å²) in [7, 11) is 0. The third-order valence-corrected chi connectivity index (χ3v) is 1.62. The first-order valence-corrected chi connectivity index (χ1v) is 3.80. The average molecular weight is 182 g/mol. The van der Waals surface area contributed by atoms with Crippen LogP contribution in [0.1, 0.15) is 5.56 Å². The lowest BCUT2D eigenvalue weighted by atomic mass is 10.2. The molecule has 3 heteroatoms. The van der Waals surface area contributed by atoms with Crippen LogP contribution in [0, 0.1) is 0 Å². The summed E-state index contributed by atoms with van der Waals surface area (Å²) in [5.41, 5.74) is 5.81. The zero-order valence-corrected chi connectivity index (χ0v) is 7.08. The van der Waals surface area contributed by atoms with Crippen molar-refractivity contribution in [1.29, 1.82) is 0 Å². The van der Waals surface area contributed by atoms with Gasteiger partial charge in [-0.1, -0.05) is 41.9 Å². The van der Waals surface area contributed by atoms with Crippen LogP contribution in [0.4, 0.5) is 0 Å². The molecule has 0 saturated heterocycles. The molecule has 1 aromatic rings. The molecule has 1 rings (SSSR count). The summed E-state index contributed by atoms with van der Waals surface area (Å²) in [5.74, 6) is -0.611. The van der Waals surface area contributed by atoms with Gasteiger partial charge in [-0.2, -0.15) is 0 Å². The third-order valence-electron chi connectivity index (χ3n) is 1.33. The van der Waals surface area contributed by atoms with Gasteiger partial charge in [0, 0.05) is 0 Å². The van der Waals surface area contributed by atoms with E-state index in [1.807, 2.05) is 30.3 Å². The van der Waals surface area contributed by atoms with E-state index in [9.17, 15) is 4.79 Å². The van der Waals surface area contributed by atoms with Crippen molar-refractivity contribution < 1.29 is 4.79 Å². The predicted molar refractivity (Wildman–Crippen MR) is 49.5 cm³/mol. The monoisotopic (exact) mass is 181 g/mol. The Morgan fingerprint density at radius 2 is 1.92 bits per heavy atom. The normalized spacial score (nSPS) is 11.2. The number of hydrogen-bond acceptors (Lipinski definition) is 1. The second kappa shape index (κ2) is 3.93. The molecule has 0 aromatic heterocycles. The van der Waals surface area contributed by atoms with Crippen LogP contribution in [0.25, 0.3) is 6.08 Å². The lowest BCUT2D eigenvalue weighted by Gasteiger charge is -1.92. The molecule has 1 amide bonds. The number of amides is 1. The third kappa shape index (κ3) is 2.40. The van der Waals surface area contributed by atoms with Gasteiger partial charge in [-0.15, -0.1) is 0 Å². The largest absolute Gasteiger partial charge is 0.365 e. The molecule has 0 fully saturated rings. The maximum Gasteiger partial charge on any atom is 0.260 e. The predicted octanol–water partition coefficient (Wildman–Crippen LogP) is 1.75. The standard InChI is InChI=1S/C9H8ClNO/c10-8(9(11)12)6-7-4-2-1-3-5-7/h1-6H,(H2,11,12)/b8-6+. The van der Waals surface area contributed by atoms with Crippen molar-refractivity contribution in [1.82, 2.24) is 0 Å². The summed E-state index contributed by atoms with van der Waals surface area (Å²) >= 11 is 5.54. The maximum atomic E-state index is 10.5. The van der Waals surface area contributed by atoms with Crippen LogP contribution in [-0.4, -0.2) is 5.91 Å². The SMILES string of the molecule is NC(=O)/C(Cl)=C\c1ccccc1. The van der Waals surface area contributed by atoms with Crippen molar-refractivity contribution in [3.8, 4) is 0 Å². The number of benzene rings is 1. The number of nitrogens with two attached hydrogens (primary N) is 1. The van der Waals surface area contributed by atoms with Crippen LogP contribution in [-0.2, 0) is 4.79 Å². The molecule has 0 aliphatic rings. The van der Waals surface area contributed by atoms with Crippen molar-refractivity contribution in [2.24, 2.45) is 5.73 Å². The van der Waals surface area contributed by atoms with E-state index in [0.717, 1.165) is 5.56 Å². The molecule has 12 heavy (non-hydrogen) atoms. The maximum absolute atomic E-state index is 10.5. The van der Waals surface area contributed by atoms with Crippen LogP contribution < -0.4 is 5.73 Å². The van der Waals surface area contributed by atoms with Crippen LogP contribution in [0.2, 0.25) is 0 Å². The molecule has 0 radical (unpaired) electrons. The second-order valence-electron chi connectivity index (χ2n) is 2.27. The Morgan fingerprint density at radius 3 is 2.42 bits per heavy atom. The lowest BCUT2D eigenvalue weighted by Crippen LogP contribution is -2.09. The van der Waals surface area contributed by atoms with Crippen molar-refractivity contribution in [2.45, 2.75) is 0 Å². The smallest absolute Gasteiger partial charge is 0.260 e. The Hall–Kier alpha value is -1.28. The van der Waals surface area contributed by atoms with E-state index in [2.05, 4.69) is 0 Å². The topological polar surface area (TPSA) is 43.1 Å². The fraction of sp³-hybridized carbons (Fsp3) is 0. The van der Waals surface area contributed by atoms with Gasteiger partial charge >= 0.3 is 0 Å². The lowest BCUT2D eigenvalue weighted by molar-refractivity contribution is -0.113.